The number of halogens is 3. The van der Waals surface area contributed by atoms with Crippen molar-refractivity contribution in [2.75, 3.05) is 0 Å². The largest absolute Gasteiger partial charge is 0.479 e. The molecule has 0 bridgehead atoms. The molecule has 1 aromatic rings. The maximum absolute atomic E-state index is 12.7. The Morgan fingerprint density at radius 3 is 2.06 bits per heavy atom. The number of hydrogen-bond donors (Lipinski definition) is 2. The molecule has 0 radical (unpaired) electrons. The minimum Gasteiger partial charge on any atom is -0.479 e. The first kappa shape index (κ1) is 13.5. The van der Waals surface area contributed by atoms with Gasteiger partial charge in [-0.05, 0) is 17.5 Å². The molecule has 6 heteroatoms. The molecule has 0 saturated heterocycles. The summed E-state index contributed by atoms with van der Waals surface area (Å²) in [5, 5.41) is 8.70. The lowest BCUT2D eigenvalue weighted by atomic mass is 9.89. The van der Waals surface area contributed by atoms with Crippen molar-refractivity contribution in [1.82, 2.24) is 0 Å². The summed E-state index contributed by atoms with van der Waals surface area (Å²) in [5.41, 5.74) is 1.98. The molecule has 1 rings (SSSR count). The van der Waals surface area contributed by atoms with Crippen molar-refractivity contribution in [3.8, 4) is 0 Å². The van der Waals surface area contributed by atoms with E-state index in [1.54, 1.807) is 0 Å². The molecule has 1 atom stereocenters. The van der Waals surface area contributed by atoms with E-state index in [4.69, 9.17) is 10.8 Å². The third kappa shape index (κ3) is 2.26. The van der Waals surface area contributed by atoms with Crippen LogP contribution >= 0.6 is 0 Å². The van der Waals surface area contributed by atoms with Gasteiger partial charge < -0.3 is 10.8 Å². The van der Waals surface area contributed by atoms with Gasteiger partial charge in [0.15, 0.2) is 0 Å². The normalized spacial score (nSPS) is 15.4. The average molecular weight is 247 g/mol. The number of rotatable bonds is 3. The van der Waals surface area contributed by atoms with Crippen LogP contribution in [-0.4, -0.2) is 17.3 Å². The van der Waals surface area contributed by atoms with Crippen molar-refractivity contribution in [1.29, 1.82) is 0 Å². The molecule has 17 heavy (non-hydrogen) atoms. The molecule has 1 aromatic carbocycles. The van der Waals surface area contributed by atoms with Crippen molar-refractivity contribution in [3.05, 3.63) is 35.4 Å². The number of hydrogen-bond acceptors (Lipinski definition) is 2. The van der Waals surface area contributed by atoms with Gasteiger partial charge in [-0.25, -0.2) is 4.79 Å². The fourth-order valence-corrected chi connectivity index (χ4v) is 1.41. The quantitative estimate of drug-likeness (QED) is 0.859. The van der Waals surface area contributed by atoms with Crippen LogP contribution in [0.5, 0.6) is 0 Å². The fourth-order valence-electron chi connectivity index (χ4n) is 1.41. The number of carbonyl (C=O) groups is 1. The zero-order valence-electron chi connectivity index (χ0n) is 9.08. The SMILES string of the molecule is CCc1ccc(C(N)(C(=O)O)C(F)(F)F)cc1. The first-order chi connectivity index (χ1) is 7.73. The number of carboxylic acid groups (broad SMARTS) is 1. The van der Waals surface area contributed by atoms with Gasteiger partial charge in [-0.3, -0.25) is 0 Å². The molecule has 0 heterocycles. The number of benzene rings is 1. The third-order valence-electron chi connectivity index (χ3n) is 2.60. The van der Waals surface area contributed by atoms with E-state index in [-0.39, 0.29) is 0 Å². The zero-order valence-corrected chi connectivity index (χ0v) is 9.08. The van der Waals surface area contributed by atoms with Gasteiger partial charge in [0, 0.05) is 0 Å². The van der Waals surface area contributed by atoms with E-state index in [0.717, 1.165) is 17.7 Å². The van der Waals surface area contributed by atoms with E-state index in [9.17, 15) is 18.0 Å². The Balaban J connectivity index is 3.29. The Hall–Kier alpha value is -1.56. The lowest BCUT2D eigenvalue weighted by Gasteiger charge is -2.27. The van der Waals surface area contributed by atoms with Gasteiger partial charge in [0.25, 0.3) is 0 Å². The van der Waals surface area contributed by atoms with Gasteiger partial charge >= 0.3 is 12.1 Å². The van der Waals surface area contributed by atoms with Crippen LogP contribution < -0.4 is 5.73 Å². The van der Waals surface area contributed by atoms with E-state index in [1.165, 1.54) is 12.1 Å². The van der Waals surface area contributed by atoms with Crippen molar-refractivity contribution in [2.24, 2.45) is 5.73 Å². The highest BCUT2D eigenvalue weighted by Crippen LogP contribution is 2.37. The topological polar surface area (TPSA) is 63.3 Å². The minimum absolute atomic E-state index is 0.477. The van der Waals surface area contributed by atoms with Gasteiger partial charge in [0.1, 0.15) is 0 Å². The summed E-state index contributed by atoms with van der Waals surface area (Å²) >= 11 is 0. The second-order valence-electron chi connectivity index (χ2n) is 3.66. The van der Waals surface area contributed by atoms with Gasteiger partial charge in [0.2, 0.25) is 5.54 Å². The second kappa shape index (κ2) is 4.37. The first-order valence-electron chi connectivity index (χ1n) is 4.92. The number of aryl methyl sites for hydroxylation is 1. The molecule has 94 valence electrons. The molecule has 3 nitrogen and oxygen atoms in total. The Labute approximate surface area is 96.0 Å². The second-order valence-corrected chi connectivity index (χ2v) is 3.66. The summed E-state index contributed by atoms with van der Waals surface area (Å²) < 4.78 is 38.2. The first-order valence-corrected chi connectivity index (χ1v) is 4.92. The highest BCUT2D eigenvalue weighted by atomic mass is 19.4. The van der Waals surface area contributed by atoms with E-state index in [0.29, 0.717) is 6.42 Å². The smallest absolute Gasteiger partial charge is 0.421 e. The molecule has 0 spiro atoms. The Bertz CT molecular complexity index is 414. The maximum atomic E-state index is 12.7. The maximum Gasteiger partial charge on any atom is 0.421 e. The van der Waals surface area contributed by atoms with E-state index in [2.05, 4.69) is 0 Å². The Morgan fingerprint density at radius 1 is 1.29 bits per heavy atom. The monoisotopic (exact) mass is 247 g/mol. The number of nitrogens with two attached hydrogens (primary N) is 1. The lowest BCUT2D eigenvalue weighted by Crippen LogP contribution is -2.56. The molecule has 0 aromatic heterocycles. The number of alkyl halides is 3. The number of carboxylic acids is 1. The van der Waals surface area contributed by atoms with Crippen LogP contribution in [0, 0.1) is 0 Å². The molecule has 1 unspecified atom stereocenters. The van der Waals surface area contributed by atoms with Crippen molar-refractivity contribution >= 4 is 5.97 Å². The van der Waals surface area contributed by atoms with E-state index in [1.807, 2.05) is 6.92 Å². The summed E-state index contributed by atoms with van der Waals surface area (Å²) in [7, 11) is 0. The standard InChI is InChI=1S/C11H12F3NO2/c1-2-7-3-5-8(6-4-7)10(15,9(16)17)11(12,13)14/h3-6H,2,15H2,1H3,(H,16,17). The van der Waals surface area contributed by atoms with Crippen molar-refractivity contribution in [2.45, 2.75) is 25.1 Å². The van der Waals surface area contributed by atoms with Crippen LogP contribution in [0.15, 0.2) is 24.3 Å². The minimum atomic E-state index is -5.05. The predicted molar refractivity (Wildman–Crippen MR) is 55.4 cm³/mol. The molecule has 0 amide bonds. The molecule has 0 aliphatic heterocycles. The molecular weight excluding hydrogens is 235 g/mol. The fraction of sp³-hybridized carbons (Fsp3) is 0.364. The van der Waals surface area contributed by atoms with Crippen LogP contribution in [0.4, 0.5) is 13.2 Å². The summed E-state index contributed by atoms with van der Waals surface area (Å²) in [6.07, 6.45) is -4.40. The van der Waals surface area contributed by atoms with Crippen LogP contribution in [0.25, 0.3) is 0 Å². The summed E-state index contributed by atoms with van der Waals surface area (Å²) in [5.74, 6) is -2.12. The summed E-state index contributed by atoms with van der Waals surface area (Å²) in [4.78, 5) is 10.8. The van der Waals surface area contributed by atoms with Crippen molar-refractivity contribution < 1.29 is 23.1 Å². The third-order valence-corrected chi connectivity index (χ3v) is 2.60. The highest BCUT2D eigenvalue weighted by Gasteiger charge is 2.59. The molecular formula is C11H12F3NO2. The van der Waals surface area contributed by atoms with Crippen LogP contribution in [0.3, 0.4) is 0 Å². The molecule has 3 N–H and O–H groups in total. The average Bonchev–Trinajstić information content (AvgIpc) is 2.26. The van der Waals surface area contributed by atoms with Gasteiger partial charge in [-0.2, -0.15) is 13.2 Å². The summed E-state index contributed by atoms with van der Waals surface area (Å²) in [6.45, 7) is 1.84. The van der Waals surface area contributed by atoms with Gasteiger partial charge in [0.05, 0.1) is 0 Å². The van der Waals surface area contributed by atoms with E-state index >= 15 is 0 Å². The van der Waals surface area contributed by atoms with Gasteiger partial charge in [-0.1, -0.05) is 31.2 Å². The Morgan fingerprint density at radius 2 is 1.76 bits per heavy atom. The van der Waals surface area contributed by atoms with Gasteiger partial charge in [-0.15, -0.1) is 0 Å². The van der Waals surface area contributed by atoms with E-state index < -0.39 is 23.2 Å². The lowest BCUT2D eigenvalue weighted by molar-refractivity contribution is -0.204. The molecule has 0 aliphatic rings. The Kier molecular flexibility index (Phi) is 3.47. The molecule has 0 aliphatic carbocycles. The van der Waals surface area contributed by atoms with Crippen molar-refractivity contribution in [3.63, 3.8) is 0 Å². The molecule has 0 fully saturated rings. The highest BCUT2D eigenvalue weighted by molar-refractivity contribution is 5.81. The summed E-state index contributed by atoms with van der Waals surface area (Å²) in [6, 6.07) is 5.07. The van der Waals surface area contributed by atoms with Crippen LogP contribution in [-0.2, 0) is 16.8 Å². The molecule has 0 saturated carbocycles. The predicted octanol–water partition coefficient (Wildman–Crippen LogP) is 2.05. The zero-order chi connectivity index (χ0) is 13.3. The van der Waals surface area contributed by atoms with Crippen LogP contribution in [0.1, 0.15) is 18.1 Å². The number of aliphatic carboxylic acids is 1. The van der Waals surface area contributed by atoms with Crippen LogP contribution in [0.2, 0.25) is 0 Å².